The van der Waals surface area contributed by atoms with E-state index in [1.165, 1.54) is 11.3 Å². The molecule has 2 N–H and O–H groups in total. The van der Waals surface area contributed by atoms with Crippen molar-refractivity contribution in [3.63, 3.8) is 0 Å². The maximum Gasteiger partial charge on any atom is 0.224 e. The van der Waals surface area contributed by atoms with Crippen LogP contribution in [-0.2, 0) is 10.2 Å². The molecule has 0 aliphatic carbocycles. The fraction of sp³-hybridized carbons (Fsp3) is 0.632. The minimum atomic E-state index is 0.0137. The second kappa shape index (κ2) is 6.91. The van der Waals surface area contributed by atoms with Crippen LogP contribution in [0.2, 0.25) is 0 Å². The second-order valence-electron chi connectivity index (χ2n) is 7.36. The van der Waals surface area contributed by atoms with E-state index in [4.69, 9.17) is 5.11 Å². The highest BCUT2D eigenvalue weighted by Gasteiger charge is 2.42. The first-order chi connectivity index (χ1) is 10.8. The van der Waals surface area contributed by atoms with Crippen LogP contribution in [0.4, 0.5) is 11.4 Å². The summed E-state index contributed by atoms with van der Waals surface area (Å²) in [5, 5.41) is 11.8. The van der Waals surface area contributed by atoms with E-state index in [-0.39, 0.29) is 17.9 Å². The summed E-state index contributed by atoms with van der Waals surface area (Å²) in [5.41, 5.74) is 3.53. The van der Waals surface area contributed by atoms with Gasteiger partial charge in [-0.25, -0.2) is 0 Å². The van der Waals surface area contributed by atoms with Crippen LogP contribution in [0.15, 0.2) is 18.2 Å². The van der Waals surface area contributed by atoms with E-state index in [0.29, 0.717) is 24.9 Å². The van der Waals surface area contributed by atoms with Crippen LogP contribution in [0.25, 0.3) is 0 Å². The van der Waals surface area contributed by atoms with Gasteiger partial charge in [0, 0.05) is 41.9 Å². The van der Waals surface area contributed by atoms with Crippen molar-refractivity contribution >= 4 is 17.3 Å². The number of amides is 1. The molecule has 0 spiro atoms. The van der Waals surface area contributed by atoms with E-state index >= 15 is 0 Å². The van der Waals surface area contributed by atoms with Gasteiger partial charge in [-0.05, 0) is 51.3 Å². The predicted octanol–water partition coefficient (Wildman–Crippen LogP) is 3.68. The normalized spacial score (nSPS) is 19.1. The second-order valence-corrected chi connectivity index (χ2v) is 7.36. The average molecular weight is 318 g/mol. The Bertz CT molecular complexity index is 566. The van der Waals surface area contributed by atoms with Crippen LogP contribution >= 0.6 is 0 Å². The number of carbonyl (C=O) groups is 1. The number of carbonyl (C=O) groups excluding carboxylic acids is 1. The summed E-state index contributed by atoms with van der Waals surface area (Å²) in [7, 11) is 0. The summed E-state index contributed by atoms with van der Waals surface area (Å²) in [5.74, 6) is 0.0137. The zero-order valence-corrected chi connectivity index (χ0v) is 15.0. The van der Waals surface area contributed by atoms with Crippen LogP contribution in [0.1, 0.15) is 59.4 Å². The molecule has 1 aromatic rings. The topological polar surface area (TPSA) is 52.6 Å². The number of fused-ring (bicyclic) bond motifs is 1. The molecule has 0 radical (unpaired) electrons. The third-order valence-corrected chi connectivity index (χ3v) is 5.08. The number of aliphatic hydroxyl groups is 1. The molecule has 0 bridgehead atoms. The van der Waals surface area contributed by atoms with Crippen molar-refractivity contribution < 1.29 is 9.90 Å². The van der Waals surface area contributed by atoms with Gasteiger partial charge in [0.05, 0.1) is 0 Å². The number of benzene rings is 1. The minimum Gasteiger partial charge on any atom is -0.396 e. The third-order valence-electron chi connectivity index (χ3n) is 5.08. The smallest absolute Gasteiger partial charge is 0.224 e. The van der Waals surface area contributed by atoms with Crippen molar-refractivity contribution in [2.24, 2.45) is 0 Å². The maximum atomic E-state index is 12.0. The number of rotatable bonds is 6. The van der Waals surface area contributed by atoms with Crippen LogP contribution in [0.5, 0.6) is 0 Å². The minimum absolute atomic E-state index is 0.0137. The van der Waals surface area contributed by atoms with Gasteiger partial charge in [-0.15, -0.1) is 0 Å². The van der Waals surface area contributed by atoms with E-state index < -0.39 is 0 Å². The fourth-order valence-electron chi connectivity index (χ4n) is 3.50. The van der Waals surface area contributed by atoms with Gasteiger partial charge in [0.15, 0.2) is 0 Å². The van der Waals surface area contributed by atoms with Gasteiger partial charge in [0.25, 0.3) is 0 Å². The molecule has 0 saturated carbocycles. The number of nitrogens with one attached hydrogen (secondary N) is 1. The summed E-state index contributed by atoms with van der Waals surface area (Å²) in [4.78, 5) is 14.4. The molecule has 23 heavy (non-hydrogen) atoms. The molecule has 1 aromatic carbocycles. The Balaban J connectivity index is 2.20. The van der Waals surface area contributed by atoms with Crippen LogP contribution in [-0.4, -0.2) is 29.7 Å². The molecule has 4 nitrogen and oxygen atoms in total. The summed E-state index contributed by atoms with van der Waals surface area (Å²) in [6, 6.07) is 7.09. The van der Waals surface area contributed by atoms with Gasteiger partial charge in [-0.1, -0.05) is 19.9 Å². The van der Waals surface area contributed by atoms with Gasteiger partial charge < -0.3 is 15.3 Å². The molecule has 1 aliphatic rings. The SMILES string of the molecule is CC(C)N1c2cc(NC(=O)CCCCO)ccc2C(C)(C)C1C. The summed E-state index contributed by atoms with van der Waals surface area (Å²) >= 11 is 0. The monoisotopic (exact) mass is 318 g/mol. The highest BCUT2D eigenvalue weighted by atomic mass is 16.3. The summed E-state index contributed by atoms with van der Waals surface area (Å²) < 4.78 is 0. The lowest BCUT2D eigenvalue weighted by atomic mass is 9.81. The van der Waals surface area contributed by atoms with Crippen LogP contribution in [0, 0.1) is 0 Å². The third kappa shape index (κ3) is 3.52. The van der Waals surface area contributed by atoms with Crippen LogP contribution < -0.4 is 10.2 Å². The number of hydrogen-bond donors (Lipinski definition) is 2. The molecule has 1 heterocycles. The molecule has 4 heteroatoms. The van der Waals surface area contributed by atoms with E-state index in [9.17, 15) is 4.79 Å². The Morgan fingerprint density at radius 1 is 1.35 bits per heavy atom. The number of aliphatic hydroxyl groups excluding tert-OH is 1. The molecule has 0 saturated heterocycles. The number of unbranched alkanes of at least 4 members (excludes halogenated alkanes) is 1. The molecular formula is C19H30N2O2. The van der Waals surface area contributed by atoms with Crippen LogP contribution in [0.3, 0.4) is 0 Å². The Kier molecular flexibility index (Phi) is 5.35. The molecule has 1 atom stereocenters. The van der Waals surface area contributed by atoms with Gasteiger partial charge >= 0.3 is 0 Å². The molecule has 128 valence electrons. The molecular weight excluding hydrogens is 288 g/mol. The lowest BCUT2D eigenvalue weighted by Gasteiger charge is -2.34. The molecule has 0 fully saturated rings. The van der Waals surface area contributed by atoms with Gasteiger partial charge in [0.1, 0.15) is 0 Å². The lowest BCUT2D eigenvalue weighted by molar-refractivity contribution is -0.116. The first-order valence-corrected chi connectivity index (χ1v) is 8.62. The molecule has 1 unspecified atom stereocenters. The van der Waals surface area contributed by atoms with Gasteiger partial charge in [-0.3, -0.25) is 4.79 Å². The zero-order valence-electron chi connectivity index (χ0n) is 15.0. The van der Waals surface area contributed by atoms with E-state index in [1.54, 1.807) is 0 Å². The lowest BCUT2D eigenvalue weighted by Crippen LogP contribution is -2.42. The van der Waals surface area contributed by atoms with Crippen molar-refractivity contribution in [3.8, 4) is 0 Å². The highest BCUT2D eigenvalue weighted by Crippen LogP contribution is 2.46. The van der Waals surface area contributed by atoms with E-state index in [1.807, 2.05) is 6.07 Å². The average Bonchev–Trinajstić information content (AvgIpc) is 2.66. The molecule has 2 rings (SSSR count). The number of anilines is 2. The number of hydrogen-bond acceptors (Lipinski definition) is 3. The highest BCUT2D eigenvalue weighted by molar-refractivity contribution is 5.91. The first-order valence-electron chi connectivity index (χ1n) is 8.62. The maximum absolute atomic E-state index is 12.0. The first kappa shape index (κ1) is 17.8. The Hall–Kier alpha value is -1.55. The Morgan fingerprint density at radius 2 is 2.04 bits per heavy atom. The Labute approximate surface area is 139 Å². The fourth-order valence-corrected chi connectivity index (χ4v) is 3.50. The van der Waals surface area contributed by atoms with Gasteiger partial charge in [-0.2, -0.15) is 0 Å². The summed E-state index contributed by atoms with van der Waals surface area (Å²) in [6.45, 7) is 11.4. The largest absolute Gasteiger partial charge is 0.396 e. The van der Waals surface area contributed by atoms with E-state index in [2.05, 4.69) is 57.0 Å². The summed E-state index contributed by atoms with van der Waals surface area (Å²) in [6.07, 6.45) is 1.84. The molecule has 0 aromatic heterocycles. The van der Waals surface area contributed by atoms with Crippen molar-refractivity contribution in [1.82, 2.24) is 0 Å². The van der Waals surface area contributed by atoms with Crippen molar-refractivity contribution in [2.45, 2.75) is 71.4 Å². The van der Waals surface area contributed by atoms with Gasteiger partial charge in [0.2, 0.25) is 5.91 Å². The predicted molar refractivity (Wildman–Crippen MR) is 96.1 cm³/mol. The van der Waals surface area contributed by atoms with Crippen molar-refractivity contribution in [1.29, 1.82) is 0 Å². The molecule has 1 amide bonds. The molecule has 1 aliphatic heterocycles. The van der Waals surface area contributed by atoms with E-state index in [0.717, 1.165) is 12.1 Å². The van der Waals surface area contributed by atoms with Crippen molar-refractivity contribution in [3.05, 3.63) is 23.8 Å². The Morgan fingerprint density at radius 3 is 2.65 bits per heavy atom. The number of nitrogens with zero attached hydrogens (tertiary/aromatic N) is 1. The van der Waals surface area contributed by atoms with Crippen molar-refractivity contribution in [2.75, 3.05) is 16.8 Å². The standard InChI is InChI=1S/C19H30N2O2/c1-13(2)21-14(3)19(4,5)16-10-9-15(12-17(16)21)20-18(23)8-6-7-11-22/h9-10,12-14,22H,6-8,11H2,1-5H3,(H,20,23). The quantitative estimate of drug-likeness (QED) is 0.787. The zero-order chi connectivity index (χ0) is 17.2.